The summed E-state index contributed by atoms with van der Waals surface area (Å²) in [6.45, 7) is 0. The highest BCUT2D eigenvalue weighted by Crippen LogP contribution is 2.27. The van der Waals surface area contributed by atoms with E-state index in [1.54, 1.807) is 6.07 Å². The lowest BCUT2D eigenvalue weighted by atomic mass is 9.92. The van der Waals surface area contributed by atoms with Crippen LogP contribution in [-0.4, -0.2) is 27.7 Å². The van der Waals surface area contributed by atoms with Gasteiger partial charge in [0.25, 0.3) is 5.91 Å². The smallest absolute Gasteiger partial charge is 0.250 e. The molecular formula is C25H29N3O2. The summed E-state index contributed by atoms with van der Waals surface area (Å²) in [6, 6.07) is 20.7. The van der Waals surface area contributed by atoms with Gasteiger partial charge < -0.3 is 20.7 Å². The molecule has 5 heteroatoms. The Morgan fingerprint density at radius 1 is 1.00 bits per heavy atom. The van der Waals surface area contributed by atoms with Crippen LogP contribution in [0.3, 0.4) is 0 Å². The van der Waals surface area contributed by atoms with Gasteiger partial charge in [0, 0.05) is 29.3 Å². The third-order valence-corrected chi connectivity index (χ3v) is 5.95. The van der Waals surface area contributed by atoms with E-state index in [4.69, 9.17) is 5.73 Å². The van der Waals surface area contributed by atoms with E-state index >= 15 is 0 Å². The van der Waals surface area contributed by atoms with Gasteiger partial charge in [0.15, 0.2) is 0 Å². The fraction of sp³-hybridized carbons (Fsp3) is 0.320. The Kier molecular flexibility index (Phi) is 6.19. The molecule has 3 aromatic rings. The van der Waals surface area contributed by atoms with E-state index in [2.05, 4.69) is 52.5 Å². The van der Waals surface area contributed by atoms with Crippen molar-refractivity contribution in [2.24, 2.45) is 5.73 Å². The van der Waals surface area contributed by atoms with Crippen LogP contribution < -0.4 is 11.1 Å². The normalized spacial score (nSPS) is 18.8. The lowest BCUT2D eigenvalue weighted by Gasteiger charge is -2.28. The molecule has 0 spiro atoms. The van der Waals surface area contributed by atoms with Crippen LogP contribution in [0.15, 0.2) is 66.9 Å². The first-order chi connectivity index (χ1) is 14.6. The van der Waals surface area contributed by atoms with E-state index < -0.39 is 5.91 Å². The molecule has 1 fully saturated rings. The molecule has 1 aliphatic rings. The monoisotopic (exact) mass is 403 g/mol. The Balaban J connectivity index is 1.56. The predicted molar refractivity (Wildman–Crippen MR) is 120 cm³/mol. The van der Waals surface area contributed by atoms with Crippen LogP contribution in [0, 0.1) is 0 Å². The quantitative estimate of drug-likeness (QED) is 0.556. The zero-order chi connectivity index (χ0) is 20.9. The number of nitrogens with zero attached hydrogens (tertiary/aromatic N) is 1. The molecule has 30 heavy (non-hydrogen) atoms. The zero-order valence-electron chi connectivity index (χ0n) is 17.1. The number of amides is 1. The van der Waals surface area contributed by atoms with Crippen LogP contribution >= 0.6 is 0 Å². The molecule has 0 saturated heterocycles. The van der Waals surface area contributed by atoms with E-state index in [1.165, 1.54) is 11.3 Å². The molecule has 1 saturated carbocycles. The van der Waals surface area contributed by atoms with E-state index in [0.717, 1.165) is 49.9 Å². The van der Waals surface area contributed by atoms with Crippen molar-refractivity contribution < 1.29 is 9.90 Å². The van der Waals surface area contributed by atoms with E-state index in [-0.39, 0.29) is 12.1 Å². The number of primary amides is 1. The van der Waals surface area contributed by atoms with E-state index in [9.17, 15) is 9.90 Å². The number of aliphatic hydroxyl groups is 1. The molecule has 0 radical (unpaired) electrons. The van der Waals surface area contributed by atoms with Crippen LogP contribution in [0.4, 0.5) is 5.69 Å². The summed E-state index contributed by atoms with van der Waals surface area (Å²) in [5, 5.41) is 13.3. The van der Waals surface area contributed by atoms with Gasteiger partial charge in [-0.3, -0.25) is 4.79 Å². The topological polar surface area (TPSA) is 80.3 Å². The number of aromatic nitrogens is 1. The van der Waals surface area contributed by atoms with Crippen molar-refractivity contribution in [1.82, 2.24) is 4.57 Å². The van der Waals surface area contributed by atoms with Gasteiger partial charge >= 0.3 is 0 Å². The molecule has 4 rings (SSSR count). The second kappa shape index (κ2) is 9.18. The number of nitrogens with one attached hydrogen (secondary N) is 1. The van der Waals surface area contributed by atoms with Crippen molar-refractivity contribution in [3.8, 4) is 5.69 Å². The highest BCUT2D eigenvalue weighted by atomic mass is 16.3. The zero-order valence-corrected chi connectivity index (χ0v) is 17.1. The molecule has 4 N–H and O–H groups in total. The van der Waals surface area contributed by atoms with Crippen LogP contribution in [0.2, 0.25) is 0 Å². The lowest BCUT2D eigenvalue weighted by molar-refractivity contribution is 0.100. The molecule has 1 heterocycles. The number of carbonyl (C=O) groups excluding carboxylic acids is 1. The van der Waals surface area contributed by atoms with Crippen LogP contribution in [0.5, 0.6) is 0 Å². The lowest BCUT2D eigenvalue weighted by Crippen LogP contribution is -2.29. The highest BCUT2D eigenvalue weighted by Gasteiger charge is 2.21. The number of aliphatic hydroxyl groups excluding tert-OH is 1. The molecule has 1 aromatic heterocycles. The summed E-state index contributed by atoms with van der Waals surface area (Å²) >= 11 is 0. The molecular weight excluding hydrogens is 374 g/mol. The Labute approximate surface area is 177 Å². The maximum absolute atomic E-state index is 12.0. The maximum Gasteiger partial charge on any atom is 0.250 e. The van der Waals surface area contributed by atoms with Crippen molar-refractivity contribution in [3.05, 3.63) is 83.7 Å². The van der Waals surface area contributed by atoms with Crippen LogP contribution in [-0.2, 0) is 12.8 Å². The Morgan fingerprint density at radius 2 is 1.77 bits per heavy atom. The van der Waals surface area contributed by atoms with Gasteiger partial charge in [-0.1, -0.05) is 30.3 Å². The number of aryl methyl sites for hydroxylation is 2. The van der Waals surface area contributed by atoms with E-state index in [0.29, 0.717) is 5.56 Å². The number of nitrogens with two attached hydrogens (primary N) is 1. The van der Waals surface area contributed by atoms with Gasteiger partial charge in [0.05, 0.1) is 11.7 Å². The fourth-order valence-electron chi connectivity index (χ4n) is 4.25. The number of anilines is 1. The number of hydrogen-bond donors (Lipinski definition) is 3. The average molecular weight is 404 g/mol. The highest BCUT2D eigenvalue weighted by molar-refractivity contribution is 5.99. The minimum Gasteiger partial charge on any atom is -0.393 e. The summed E-state index contributed by atoms with van der Waals surface area (Å²) in [6.07, 6.45) is 7.08. The van der Waals surface area contributed by atoms with Crippen LogP contribution in [0.25, 0.3) is 5.69 Å². The third-order valence-electron chi connectivity index (χ3n) is 5.95. The minimum absolute atomic E-state index is 0.211. The second-order valence-corrected chi connectivity index (χ2v) is 8.10. The summed E-state index contributed by atoms with van der Waals surface area (Å²) < 4.78 is 2.17. The first kappa shape index (κ1) is 20.2. The maximum atomic E-state index is 12.0. The first-order valence-electron chi connectivity index (χ1n) is 10.7. The van der Waals surface area contributed by atoms with Gasteiger partial charge in [0.1, 0.15) is 0 Å². The van der Waals surface area contributed by atoms with Crippen molar-refractivity contribution in [2.45, 2.75) is 50.7 Å². The standard InChI is InChI=1S/C25H29N3O2/c26-25(30)23-15-12-21(17-24(23)27-19-9-13-22(29)14-10-19)28-16-4-7-20(28)11-8-18-5-2-1-3-6-18/h1-7,12,15-17,19,22,27,29H,8-11,13-14H2,(H2,26,30)/t19-,22-. The van der Waals surface area contributed by atoms with Gasteiger partial charge in [-0.05, 0) is 74.4 Å². The van der Waals surface area contributed by atoms with E-state index in [1.807, 2.05) is 18.2 Å². The third kappa shape index (κ3) is 4.74. The molecule has 156 valence electrons. The molecule has 0 bridgehead atoms. The number of hydrogen-bond acceptors (Lipinski definition) is 3. The number of benzene rings is 2. The average Bonchev–Trinajstić information content (AvgIpc) is 3.23. The molecule has 1 amide bonds. The Bertz CT molecular complexity index is 989. The first-order valence-corrected chi connectivity index (χ1v) is 10.7. The molecule has 0 atom stereocenters. The van der Waals surface area contributed by atoms with Gasteiger partial charge in [-0.25, -0.2) is 0 Å². The Morgan fingerprint density at radius 3 is 2.50 bits per heavy atom. The Hall–Kier alpha value is -3.05. The van der Waals surface area contributed by atoms with Crippen LogP contribution in [0.1, 0.15) is 47.3 Å². The molecule has 0 unspecified atom stereocenters. The van der Waals surface area contributed by atoms with Crippen molar-refractivity contribution >= 4 is 11.6 Å². The van der Waals surface area contributed by atoms with Crippen molar-refractivity contribution in [2.75, 3.05) is 5.32 Å². The minimum atomic E-state index is -0.434. The largest absolute Gasteiger partial charge is 0.393 e. The number of rotatable bonds is 7. The van der Waals surface area contributed by atoms with Crippen molar-refractivity contribution in [1.29, 1.82) is 0 Å². The predicted octanol–water partition coefficient (Wildman–Crippen LogP) is 4.08. The summed E-state index contributed by atoms with van der Waals surface area (Å²) in [4.78, 5) is 12.0. The second-order valence-electron chi connectivity index (χ2n) is 8.10. The molecule has 1 aliphatic carbocycles. The van der Waals surface area contributed by atoms with Gasteiger partial charge in [0.2, 0.25) is 0 Å². The van der Waals surface area contributed by atoms with Gasteiger partial charge in [-0.2, -0.15) is 0 Å². The molecule has 5 nitrogen and oxygen atoms in total. The molecule has 0 aliphatic heterocycles. The van der Waals surface area contributed by atoms with Gasteiger partial charge in [-0.15, -0.1) is 0 Å². The summed E-state index contributed by atoms with van der Waals surface area (Å²) in [7, 11) is 0. The molecule has 2 aromatic carbocycles. The SMILES string of the molecule is NC(=O)c1ccc(-n2cccc2CCc2ccccc2)cc1N[C@H]1CC[C@H](O)CC1. The summed E-state index contributed by atoms with van der Waals surface area (Å²) in [5.74, 6) is -0.434. The fourth-order valence-corrected chi connectivity index (χ4v) is 4.25. The van der Waals surface area contributed by atoms with Crippen molar-refractivity contribution in [3.63, 3.8) is 0 Å². The number of carbonyl (C=O) groups is 1. The summed E-state index contributed by atoms with van der Waals surface area (Å²) in [5.41, 5.74) is 10.4.